The van der Waals surface area contributed by atoms with Gasteiger partial charge in [-0.25, -0.2) is 14.8 Å². The number of hydrogen-bond donors (Lipinski definition) is 2. The lowest BCUT2D eigenvalue weighted by atomic mass is 10.2. The van der Waals surface area contributed by atoms with Crippen LogP contribution in [0.1, 0.15) is 21.6 Å². The summed E-state index contributed by atoms with van der Waals surface area (Å²) >= 11 is 1.53. The second kappa shape index (κ2) is 5.71. The van der Waals surface area contributed by atoms with Crippen LogP contribution in [0.5, 0.6) is 0 Å². The number of carboxylic acids is 1. The summed E-state index contributed by atoms with van der Waals surface area (Å²) in [6.45, 7) is 1.97. The first-order chi connectivity index (χ1) is 9.08. The fourth-order valence-corrected chi connectivity index (χ4v) is 2.60. The second-order valence-electron chi connectivity index (χ2n) is 4.00. The Morgan fingerprint density at radius 2 is 2.26 bits per heavy atom. The van der Waals surface area contributed by atoms with Gasteiger partial charge >= 0.3 is 5.97 Å². The van der Waals surface area contributed by atoms with Gasteiger partial charge in [-0.3, -0.25) is 0 Å². The number of rotatable bonds is 4. The van der Waals surface area contributed by atoms with Crippen LogP contribution < -0.4 is 5.73 Å². The summed E-state index contributed by atoms with van der Waals surface area (Å²) in [5.41, 5.74) is 8.13. The third-order valence-electron chi connectivity index (χ3n) is 2.59. The van der Waals surface area contributed by atoms with Crippen molar-refractivity contribution in [3.8, 4) is 0 Å². The van der Waals surface area contributed by atoms with E-state index in [0.29, 0.717) is 11.4 Å². The maximum atomic E-state index is 11.0. The number of aromatic nitrogens is 2. The smallest absolute Gasteiger partial charge is 0.339 e. The Morgan fingerprint density at radius 1 is 1.47 bits per heavy atom. The van der Waals surface area contributed by atoms with Crippen molar-refractivity contribution < 1.29 is 9.90 Å². The van der Waals surface area contributed by atoms with E-state index in [1.165, 1.54) is 24.3 Å². The molecule has 0 spiro atoms. The summed E-state index contributed by atoms with van der Waals surface area (Å²) in [7, 11) is 0. The molecule has 1 heterocycles. The Hall–Kier alpha value is -2.08. The van der Waals surface area contributed by atoms with E-state index in [4.69, 9.17) is 10.8 Å². The number of aromatic carboxylic acids is 1. The third kappa shape index (κ3) is 3.23. The minimum atomic E-state index is -1.01. The van der Waals surface area contributed by atoms with Crippen molar-refractivity contribution in [3.05, 3.63) is 47.5 Å². The summed E-state index contributed by atoms with van der Waals surface area (Å²) in [5, 5.41) is 9.05. The van der Waals surface area contributed by atoms with Crippen molar-refractivity contribution >= 4 is 23.4 Å². The largest absolute Gasteiger partial charge is 0.478 e. The van der Waals surface area contributed by atoms with E-state index < -0.39 is 5.97 Å². The minimum absolute atomic E-state index is 0.142. The van der Waals surface area contributed by atoms with Crippen LogP contribution in [0, 0.1) is 6.92 Å². The second-order valence-corrected chi connectivity index (χ2v) is 5.02. The number of nitrogen functional groups attached to an aromatic ring is 1. The number of carbonyl (C=O) groups is 1. The van der Waals surface area contributed by atoms with Crippen molar-refractivity contribution in [2.24, 2.45) is 0 Å². The van der Waals surface area contributed by atoms with Crippen molar-refractivity contribution in [3.63, 3.8) is 0 Å². The van der Waals surface area contributed by atoms with E-state index in [2.05, 4.69) is 9.97 Å². The summed E-state index contributed by atoms with van der Waals surface area (Å²) in [5.74, 6) is -0.528. The number of nitrogens with two attached hydrogens (primary N) is 1. The number of hydrogen-bond acceptors (Lipinski definition) is 5. The van der Waals surface area contributed by atoms with Gasteiger partial charge in [0.05, 0.1) is 5.69 Å². The molecule has 0 aliphatic heterocycles. The molecule has 2 aromatic rings. The first-order valence-corrected chi connectivity index (χ1v) is 6.57. The van der Waals surface area contributed by atoms with E-state index in [-0.39, 0.29) is 5.56 Å². The van der Waals surface area contributed by atoms with Crippen molar-refractivity contribution in [2.75, 3.05) is 5.73 Å². The number of thioether (sulfide) groups is 1. The first kappa shape index (κ1) is 13.4. The molecule has 19 heavy (non-hydrogen) atoms. The highest BCUT2D eigenvalue weighted by atomic mass is 32.2. The molecule has 6 heteroatoms. The molecular formula is C13H13N3O2S. The van der Waals surface area contributed by atoms with Gasteiger partial charge in [0.15, 0.2) is 0 Å². The van der Waals surface area contributed by atoms with Gasteiger partial charge in [0.1, 0.15) is 11.9 Å². The highest BCUT2D eigenvalue weighted by molar-refractivity contribution is 7.98. The normalized spacial score (nSPS) is 10.4. The zero-order chi connectivity index (χ0) is 13.8. The van der Waals surface area contributed by atoms with Crippen LogP contribution in [-0.4, -0.2) is 21.0 Å². The van der Waals surface area contributed by atoms with Gasteiger partial charge in [-0.2, -0.15) is 0 Å². The minimum Gasteiger partial charge on any atom is -0.478 e. The molecular weight excluding hydrogens is 262 g/mol. The Kier molecular flexibility index (Phi) is 4.01. The van der Waals surface area contributed by atoms with Crippen LogP contribution in [0.15, 0.2) is 35.6 Å². The molecule has 0 saturated heterocycles. The van der Waals surface area contributed by atoms with Crippen molar-refractivity contribution in [2.45, 2.75) is 17.6 Å². The monoisotopic (exact) mass is 275 g/mol. The fraction of sp³-hybridized carbons (Fsp3) is 0.154. The van der Waals surface area contributed by atoms with Crippen LogP contribution in [0.4, 0.5) is 5.69 Å². The SMILES string of the molecule is Cc1cc(N)ccc1SCc1ncncc1C(=O)O. The topological polar surface area (TPSA) is 89.1 Å². The van der Waals surface area contributed by atoms with Crippen LogP contribution in [-0.2, 0) is 5.75 Å². The molecule has 0 saturated carbocycles. The zero-order valence-electron chi connectivity index (χ0n) is 10.3. The molecule has 0 radical (unpaired) electrons. The molecule has 1 aromatic carbocycles. The molecule has 0 fully saturated rings. The van der Waals surface area contributed by atoms with Gasteiger partial charge in [-0.1, -0.05) is 0 Å². The standard InChI is InChI=1S/C13H13N3O2S/c1-8-4-9(14)2-3-12(8)19-6-11-10(13(17)18)5-15-7-16-11/h2-5,7H,6,14H2,1H3,(H,17,18). The zero-order valence-corrected chi connectivity index (χ0v) is 11.1. The average Bonchev–Trinajstić information content (AvgIpc) is 2.38. The Balaban J connectivity index is 2.17. The molecule has 0 atom stereocenters. The summed E-state index contributed by atoms with van der Waals surface area (Å²) in [6.07, 6.45) is 2.68. The molecule has 1 aromatic heterocycles. The molecule has 0 aliphatic rings. The molecule has 98 valence electrons. The highest BCUT2D eigenvalue weighted by Crippen LogP contribution is 2.27. The van der Waals surface area contributed by atoms with Gasteiger partial charge in [-0.15, -0.1) is 11.8 Å². The molecule has 0 aliphatic carbocycles. The fourth-order valence-electron chi connectivity index (χ4n) is 1.63. The average molecular weight is 275 g/mol. The number of nitrogens with zero attached hydrogens (tertiary/aromatic N) is 2. The lowest BCUT2D eigenvalue weighted by Crippen LogP contribution is -2.04. The lowest BCUT2D eigenvalue weighted by Gasteiger charge is -2.07. The maximum Gasteiger partial charge on any atom is 0.339 e. The molecule has 0 amide bonds. The van der Waals surface area contributed by atoms with E-state index >= 15 is 0 Å². The summed E-state index contributed by atoms with van der Waals surface area (Å²) < 4.78 is 0. The van der Waals surface area contributed by atoms with Crippen molar-refractivity contribution in [1.82, 2.24) is 9.97 Å². The third-order valence-corrected chi connectivity index (χ3v) is 3.78. The van der Waals surface area contributed by atoms with E-state index in [1.807, 2.05) is 25.1 Å². The highest BCUT2D eigenvalue weighted by Gasteiger charge is 2.12. The Morgan fingerprint density at radius 3 is 2.95 bits per heavy atom. The van der Waals surface area contributed by atoms with E-state index in [1.54, 1.807) is 0 Å². The summed E-state index contributed by atoms with van der Waals surface area (Å²) in [4.78, 5) is 19.9. The van der Waals surface area contributed by atoms with E-state index in [9.17, 15) is 4.79 Å². The van der Waals surface area contributed by atoms with Crippen molar-refractivity contribution in [1.29, 1.82) is 0 Å². The number of aryl methyl sites for hydroxylation is 1. The van der Waals surface area contributed by atoms with Gasteiger partial charge < -0.3 is 10.8 Å². The predicted molar refractivity (Wildman–Crippen MR) is 74.1 cm³/mol. The number of anilines is 1. The predicted octanol–water partition coefficient (Wildman–Crippen LogP) is 2.36. The quantitative estimate of drug-likeness (QED) is 0.657. The van der Waals surface area contributed by atoms with Gasteiger partial charge in [0, 0.05) is 22.5 Å². The Labute approximate surface area is 114 Å². The van der Waals surface area contributed by atoms with Crippen LogP contribution in [0.2, 0.25) is 0 Å². The number of carboxylic acid groups (broad SMARTS) is 1. The van der Waals surface area contributed by atoms with Crippen LogP contribution in [0.3, 0.4) is 0 Å². The number of benzene rings is 1. The maximum absolute atomic E-state index is 11.0. The molecule has 2 rings (SSSR count). The van der Waals surface area contributed by atoms with Crippen LogP contribution >= 0.6 is 11.8 Å². The van der Waals surface area contributed by atoms with Gasteiger partial charge in [-0.05, 0) is 30.7 Å². The molecule has 5 nitrogen and oxygen atoms in total. The molecule has 3 N–H and O–H groups in total. The molecule has 0 unspecified atom stereocenters. The Bertz CT molecular complexity index is 617. The first-order valence-electron chi connectivity index (χ1n) is 5.59. The lowest BCUT2D eigenvalue weighted by molar-refractivity contribution is 0.0695. The van der Waals surface area contributed by atoms with Gasteiger partial charge in [0.25, 0.3) is 0 Å². The summed E-state index contributed by atoms with van der Waals surface area (Å²) in [6, 6.07) is 5.64. The van der Waals surface area contributed by atoms with Gasteiger partial charge in [0.2, 0.25) is 0 Å². The van der Waals surface area contributed by atoms with Crippen LogP contribution in [0.25, 0.3) is 0 Å². The molecule has 0 bridgehead atoms. The van der Waals surface area contributed by atoms with E-state index in [0.717, 1.165) is 16.1 Å².